The van der Waals surface area contributed by atoms with Gasteiger partial charge in [0.15, 0.2) is 0 Å². The molecule has 4 amide bonds. The number of amides is 4. The van der Waals surface area contributed by atoms with Gasteiger partial charge in [0, 0.05) is 17.0 Å². The van der Waals surface area contributed by atoms with Crippen LogP contribution in [-0.2, 0) is 20.5 Å². The number of carbonyl (C=O) groups excluding carboxylic acids is 3. The molecular weight excluding hydrogens is 402 g/mol. The van der Waals surface area contributed by atoms with Gasteiger partial charge in [0.1, 0.15) is 12.1 Å². The van der Waals surface area contributed by atoms with Gasteiger partial charge in [-0.3, -0.25) is 14.5 Å². The van der Waals surface area contributed by atoms with Crippen molar-refractivity contribution in [1.29, 1.82) is 0 Å². The molecule has 0 radical (unpaired) electrons. The van der Waals surface area contributed by atoms with Crippen LogP contribution in [-0.4, -0.2) is 35.8 Å². The fourth-order valence-electron chi connectivity index (χ4n) is 4.12. The average molecular weight is 426 g/mol. The summed E-state index contributed by atoms with van der Waals surface area (Å²) in [5, 5.41) is 6.24. The fourth-order valence-corrected chi connectivity index (χ4v) is 4.25. The van der Waals surface area contributed by atoms with Crippen LogP contribution in [0.2, 0.25) is 5.02 Å². The number of hydrogen-bond donors (Lipinski definition) is 2. The van der Waals surface area contributed by atoms with E-state index in [1.54, 1.807) is 24.3 Å². The number of rotatable bonds is 7. The Balaban J connectivity index is 1.43. The average Bonchev–Trinajstić information content (AvgIpc) is 3.52. The zero-order valence-corrected chi connectivity index (χ0v) is 17.5. The molecule has 1 heterocycles. The SMILES string of the molecule is CCC1(c2ccc(Cl)cc2)NC(=O)N(CC(=O)NCC2(c3ccccc3)CC2)C1=O. The maximum Gasteiger partial charge on any atom is 0.325 e. The van der Waals surface area contributed by atoms with E-state index < -0.39 is 17.5 Å². The molecule has 2 aromatic carbocycles. The predicted octanol–water partition coefficient (Wildman–Crippen LogP) is 3.35. The van der Waals surface area contributed by atoms with Gasteiger partial charge >= 0.3 is 6.03 Å². The van der Waals surface area contributed by atoms with E-state index in [0.29, 0.717) is 23.6 Å². The monoisotopic (exact) mass is 425 g/mol. The van der Waals surface area contributed by atoms with Crippen LogP contribution in [0, 0.1) is 0 Å². The molecule has 1 saturated carbocycles. The van der Waals surface area contributed by atoms with Gasteiger partial charge in [-0.2, -0.15) is 0 Å². The van der Waals surface area contributed by atoms with Crippen molar-refractivity contribution >= 4 is 29.4 Å². The van der Waals surface area contributed by atoms with Gasteiger partial charge in [0.25, 0.3) is 5.91 Å². The molecule has 4 rings (SSSR count). The van der Waals surface area contributed by atoms with Gasteiger partial charge in [-0.25, -0.2) is 4.79 Å². The van der Waals surface area contributed by atoms with E-state index in [1.807, 2.05) is 25.1 Å². The third-order valence-corrected chi connectivity index (χ3v) is 6.46. The second-order valence-corrected chi connectivity index (χ2v) is 8.45. The Morgan fingerprint density at radius 2 is 1.73 bits per heavy atom. The Labute approximate surface area is 180 Å². The first kappa shape index (κ1) is 20.4. The van der Waals surface area contributed by atoms with Crippen molar-refractivity contribution in [1.82, 2.24) is 15.5 Å². The Morgan fingerprint density at radius 1 is 1.07 bits per heavy atom. The number of imide groups is 1. The van der Waals surface area contributed by atoms with Crippen molar-refractivity contribution in [3.63, 3.8) is 0 Å². The Bertz CT molecular complexity index is 973. The molecule has 2 aliphatic rings. The number of nitrogens with zero attached hydrogens (tertiary/aromatic N) is 1. The Hall–Kier alpha value is -2.86. The summed E-state index contributed by atoms with van der Waals surface area (Å²) < 4.78 is 0. The van der Waals surface area contributed by atoms with Crippen LogP contribution in [0.4, 0.5) is 4.79 Å². The minimum absolute atomic E-state index is 0.0370. The van der Waals surface area contributed by atoms with E-state index in [-0.39, 0.29) is 17.9 Å². The molecule has 156 valence electrons. The van der Waals surface area contributed by atoms with Crippen LogP contribution in [0.5, 0.6) is 0 Å². The molecule has 1 aliphatic heterocycles. The third-order valence-electron chi connectivity index (χ3n) is 6.21. The van der Waals surface area contributed by atoms with Crippen LogP contribution in [0.15, 0.2) is 54.6 Å². The molecule has 7 heteroatoms. The first-order chi connectivity index (χ1) is 14.4. The topological polar surface area (TPSA) is 78.5 Å². The van der Waals surface area contributed by atoms with Crippen LogP contribution < -0.4 is 10.6 Å². The third kappa shape index (κ3) is 3.56. The minimum Gasteiger partial charge on any atom is -0.354 e. The van der Waals surface area contributed by atoms with Crippen molar-refractivity contribution in [2.24, 2.45) is 0 Å². The van der Waals surface area contributed by atoms with Crippen molar-refractivity contribution in [2.75, 3.05) is 13.1 Å². The lowest BCUT2D eigenvalue weighted by Gasteiger charge is -2.26. The summed E-state index contributed by atoms with van der Waals surface area (Å²) in [6, 6.07) is 16.3. The molecule has 30 heavy (non-hydrogen) atoms. The smallest absolute Gasteiger partial charge is 0.325 e. The van der Waals surface area contributed by atoms with E-state index in [4.69, 9.17) is 11.6 Å². The standard InChI is InChI=1S/C23H24ClN3O3/c1-2-23(17-8-10-18(24)11-9-17)20(29)27(21(30)26-23)14-19(28)25-15-22(12-13-22)16-6-4-3-5-7-16/h3-11H,2,12-15H2,1H3,(H,25,28)(H,26,30). The van der Waals surface area contributed by atoms with E-state index in [2.05, 4.69) is 22.8 Å². The van der Waals surface area contributed by atoms with Crippen LogP contribution in [0.25, 0.3) is 0 Å². The summed E-state index contributed by atoms with van der Waals surface area (Å²) in [7, 11) is 0. The number of nitrogens with one attached hydrogen (secondary N) is 2. The lowest BCUT2D eigenvalue weighted by atomic mass is 9.87. The number of halogens is 1. The van der Waals surface area contributed by atoms with Crippen molar-refractivity contribution in [3.05, 3.63) is 70.7 Å². The molecule has 2 aromatic rings. The van der Waals surface area contributed by atoms with Crippen LogP contribution in [0.3, 0.4) is 0 Å². The highest BCUT2D eigenvalue weighted by molar-refractivity contribution is 6.30. The lowest BCUT2D eigenvalue weighted by Crippen LogP contribution is -2.45. The largest absolute Gasteiger partial charge is 0.354 e. The number of carbonyl (C=O) groups is 3. The van der Waals surface area contributed by atoms with E-state index in [9.17, 15) is 14.4 Å². The molecule has 0 bridgehead atoms. The first-order valence-corrected chi connectivity index (χ1v) is 10.5. The summed E-state index contributed by atoms with van der Waals surface area (Å²) in [5.41, 5.74) is 0.638. The molecular formula is C23H24ClN3O3. The van der Waals surface area contributed by atoms with Crippen molar-refractivity contribution in [2.45, 2.75) is 37.1 Å². The minimum atomic E-state index is -1.18. The van der Waals surface area contributed by atoms with Crippen molar-refractivity contribution < 1.29 is 14.4 Å². The molecule has 6 nitrogen and oxygen atoms in total. The van der Waals surface area contributed by atoms with E-state index in [1.165, 1.54) is 5.56 Å². The molecule has 0 aromatic heterocycles. The first-order valence-electron chi connectivity index (χ1n) is 10.1. The highest BCUT2D eigenvalue weighted by atomic mass is 35.5. The second kappa shape index (κ2) is 7.76. The number of urea groups is 1. The molecule has 2 N–H and O–H groups in total. The highest BCUT2D eigenvalue weighted by Gasteiger charge is 2.52. The number of hydrogen-bond acceptors (Lipinski definition) is 3. The summed E-state index contributed by atoms with van der Waals surface area (Å²) in [6.07, 6.45) is 2.39. The van der Waals surface area contributed by atoms with E-state index >= 15 is 0 Å². The van der Waals surface area contributed by atoms with Crippen molar-refractivity contribution in [3.8, 4) is 0 Å². The zero-order valence-electron chi connectivity index (χ0n) is 16.8. The number of benzene rings is 2. The maximum absolute atomic E-state index is 13.2. The summed E-state index contributed by atoms with van der Waals surface area (Å²) in [6.45, 7) is 2.02. The molecule has 2 fully saturated rings. The highest BCUT2D eigenvalue weighted by Crippen LogP contribution is 2.47. The van der Waals surface area contributed by atoms with Crippen LogP contribution in [0.1, 0.15) is 37.3 Å². The van der Waals surface area contributed by atoms with Gasteiger partial charge in [-0.1, -0.05) is 61.0 Å². The predicted molar refractivity (Wildman–Crippen MR) is 114 cm³/mol. The Kier molecular flexibility index (Phi) is 5.28. The lowest BCUT2D eigenvalue weighted by molar-refractivity contribution is -0.135. The normalized spacial score (nSPS) is 22.0. The molecule has 1 atom stereocenters. The van der Waals surface area contributed by atoms with Gasteiger partial charge < -0.3 is 10.6 Å². The molecule has 1 aliphatic carbocycles. The second-order valence-electron chi connectivity index (χ2n) is 8.01. The Morgan fingerprint density at radius 3 is 2.33 bits per heavy atom. The summed E-state index contributed by atoms with van der Waals surface area (Å²) in [5.74, 6) is -0.764. The fraction of sp³-hybridized carbons (Fsp3) is 0.348. The molecule has 1 unspecified atom stereocenters. The maximum atomic E-state index is 13.2. The van der Waals surface area contributed by atoms with Gasteiger partial charge in [0.05, 0.1) is 0 Å². The summed E-state index contributed by atoms with van der Waals surface area (Å²) in [4.78, 5) is 39.3. The molecule has 0 spiro atoms. The summed E-state index contributed by atoms with van der Waals surface area (Å²) >= 11 is 5.95. The van der Waals surface area contributed by atoms with Crippen LogP contribution >= 0.6 is 11.6 Å². The molecule has 1 saturated heterocycles. The quantitative estimate of drug-likeness (QED) is 0.668. The zero-order chi connectivity index (χ0) is 21.4. The van der Waals surface area contributed by atoms with E-state index in [0.717, 1.165) is 17.7 Å². The van der Waals surface area contributed by atoms with Gasteiger partial charge in [-0.15, -0.1) is 0 Å². The van der Waals surface area contributed by atoms with Gasteiger partial charge in [-0.05, 0) is 42.5 Å². The van der Waals surface area contributed by atoms with Gasteiger partial charge in [0.2, 0.25) is 5.91 Å².